The fourth-order valence-corrected chi connectivity index (χ4v) is 1.97. The Hall–Kier alpha value is -2.35. The van der Waals surface area contributed by atoms with E-state index in [0.29, 0.717) is 11.1 Å². The largest absolute Gasteiger partial charge is 0.481 e. The predicted molar refractivity (Wildman–Crippen MR) is 67.4 cm³/mol. The smallest absolute Gasteiger partial charge is 0.305 e. The lowest BCUT2D eigenvalue weighted by Gasteiger charge is -2.16. The number of hydrogen-bond acceptors (Lipinski definition) is 3. The summed E-state index contributed by atoms with van der Waals surface area (Å²) in [6.07, 6.45) is 1.88. The van der Waals surface area contributed by atoms with E-state index in [1.165, 1.54) is 0 Å². The monoisotopic (exact) mass is 258 g/mol. The first-order valence-electron chi connectivity index (χ1n) is 6.13. The first-order chi connectivity index (χ1) is 9.10. The molecule has 5 heteroatoms. The standard InChI is InChI=1S/C14H14N2O3/c15-8-9-1-3-11(4-2-9)14(19)16-12(7-13(17)18)10-5-6-10/h1-4,10,12H,5-7H2,(H,16,19)(H,17,18). The lowest BCUT2D eigenvalue weighted by atomic mass is 10.1. The zero-order chi connectivity index (χ0) is 13.8. The number of carboxylic acid groups (broad SMARTS) is 1. The topological polar surface area (TPSA) is 90.2 Å². The maximum atomic E-state index is 12.0. The van der Waals surface area contributed by atoms with Crippen molar-refractivity contribution < 1.29 is 14.7 Å². The van der Waals surface area contributed by atoms with E-state index in [0.717, 1.165) is 12.8 Å². The van der Waals surface area contributed by atoms with Gasteiger partial charge in [-0.2, -0.15) is 5.26 Å². The number of nitriles is 1. The Morgan fingerprint density at radius 1 is 1.37 bits per heavy atom. The van der Waals surface area contributed by atoms with E-state index in [-0.39, 0.29) is 24.3 Å². The summed E-state index contributed by atoms with van der Waals surface area (Å²) < 4.78 is 0. The molecule has 2 rings (SSSR count). The Labute approximate surface area is 110 Å². The minimum absolute atomic E-state index is 0.0489. The molecular formula is C14H14N2O3. The molecular weight excluding hydrogens is 244 g/mol. The molecule has 5 nitrogen and oxygen atoms in total. The average Bonchev–Trinajstić information content (AvgIpc) is 3.21. The van der Waals surface area contributed by atoms with Gasteiger partial charge in [0.15, 0.2) is 0 Å². The Balaban J connectivity index is 2.01. The van der Waals surface area contributed by atoms with Crippen LogP contribution in [0, 0.1) is 17.2 Å². The SMILES string of the molecule is N#Cc1ccc(C(=O)NC(CC(=O)O)C2CC2)cc1. The quantitative estimate of drug-likeness (QED) is 0.838. The van der Waals surface area contributed by atoms with E-state index in [1.54, 1.807) is 24.3 Å². The fraction of sp³-hybridized carbons (Fsp3) is 0.357. The molecule has 1 aliphatic carbocycles. The summed E-state index contributed by atoms with van der Waals surface area (Å²) in [5.41, 5.74) is 0.927. The van der Waals surface area contributed by atoms with E-state index < -0.39 is 5.97 Å². The number of benzene rings is 1. The van der Waals surface area contributed by atoms with Gasteiger partial charge in [0.1, 0.15) is 0 Å². The van der Waals surface area contributed by atoms with Gasteiger partial charge in [-0.15, -0.1) is 0 Å². The molecule has 1 atom stereocenters. The normalized spacial score (nSPS) is 15.3. The highest BCUT2D eigenvalue weighted by Crippen LogP contribution is 2.34. The van der Waals surface area contributed by atoms with Crippen LogP contribution in [0.25, 0.3) is 0 Å². The van der Waals surface area contributed by atoms with Gasteiger partial charge in [0, 0.05) is 11.6 Å². The molecule has 98 valence electrons. The Kier molecular flexibility index (Phi) is 3.81. The molecule has 1 aromatic carbocycles. The zero-order valence-corrected chi connectivity index (χ0v) is 10.3. The van der Waals surface area contributed by atoms with Crippen molar-refractivity contribution in [3.63, 3.8) is 0 Å². The highest BCUT2D eigenvalue weighted by atomic mass is 16.4. The molecule has 1 fully saturated rings. The molecule has 1 aliphatic rings. The van der Waals surface area contributed by atoms with Gasteiger partial charge in [0.25, 0.3) is 5.91 Å². The molecule has 1 unspecified atom stereocenters. The summed E-state index contributed by atoms with van der Waals surface area (Å²) in [4.78, 5) is 22.7. The Bertz CT molecular complexity index is 527. The van der Waals surface area contributed by atoms with Crippen LogP contribution in [0.1, 0.15) is 35.2 Å². The van der Waals surface area contributed by atoms with Gasteiger partial charge in [0.2, 0.25) is 0 Å². The van der Waals surface area contributed by atoms with Gasteiger partial charge >= 0.3 is 5.97 Å². The van der Waals surface area contributed by atoms with Crippen LogP contribution in [0.4, 0.5) is 0 Å². The Morgan fingerprint density at radius 3 is 2.47 bits per heavy atom. The second-order valence-electron chi connectivity index (χ2n) is 4.70. The third-order valence-electron chi connectivity index (χ3n) is 3.18. The number of rotatable bonds is 5. The maximum Gasteiger partial charge on any atom is 0.305 e. The lowest BCUT2D eigenvalue weighted by molar-refractivity contribution is -0.137. The van der Waals surface area contributed by atoms with E-state index in [9.17, 15) is 9.59 Å². The molecule has 1 saturated carbocycles. The van der Waals surface area contributed by atoms with Crippen molar-refractivity contribution in [1.82, 2.24) is 5.32 Å². The highest BCUT2D eigenvalue weighted by molar-refractivity contribution is 5.94. The van der Waals surface area contributed by atoms with Crippen molar-refractivity contribution in [1.29, 1.82) is 5.26 Å². The van der Waals surface area contributed by atoms with Crippen LogP contribution in [0.2, 0.25) is 0 Å². The number of carboxylic acids is 1. The van der Waals surface area contributed by atoms with Gasteiger partial charge in [-0.3, -0.25) is 9.59 Å². The summed E-state index contributed by atoms with van der Waals surface area (Å²) in [6, 6.07) is 7.95. The van der Waals surface area contributed by atoms with Crippen molar-refractivity contribution in [2.45, 2.75) is 25.3 Å². The van der Waals surface area contributed by atoms with Gasteiger partial charge in [-0.05, 0) is 43.0 Å². The predicted octanol–water partition coefficient (Wildman–Crippen LogP) is 1.54. The number of carbonyl (C=O) groups is 2. The molecule has 1 aromatic rings. The third kappa shape index (κ3) is 3.55. The first kappa shape index (κ1) is 13.1. The number of amides is 1. The lowest BCUT2D eigenvalue weighted by Crippen LogP contribution is -2.38. The zero-order valence-electron chi connectivity index (χ0n) is 10.3. The molecule has 19 heavy (non-hydrogen) atoms. The number of aliphatic carboxylic acids is 1. The van der Waals surface area contributed by atoms with Crippen LogP contribution >= 0.6 is 0 Å². The number of nitrogens with one attached hydrogen (secondary N) is 1. The van der Waals surface area contributed by atoms with Gasteiger partial charge in [-0.25, -0.2) is 0 Å². The van der Waals surface area contributed by atoms with Crippen molar-refractivity contribution in [2.24, 2.45) is 5.92 Å². The van der Waals surface area contributed by atoms with E-state index in [2.05, 4.69) is 5.32 Å². The minimum Gasteiger partial charge on any atom is -0.481 e. The summed E-state index contributed by atoms with van der Waals surface area (Å²) >= 11 is 0. The molecule has 0 saturated heterocycles. The number of hydrogen-bond donors (Lipinski definition) is 2. The van der Waals surface area contributed by atoms with Crippen molar-refractivity contribution in [3.05, 3.63) is 35.4 Å². The molecule has 2 N–H and O–H groups in total. The molecule has 0 aromatic heterocycles. The van der Waals surface area contributed by atoms with E-state index in [1.807, 2.05) is 6.07 Å². The molecule has 0 radical (unpaired) electrons. The second kappa shape index (κ2) is 5.53. The second-order valence-corrected chi connectivity index (χ2v) is 4.70. The van der Waals surface area contributed by atoms with E-state index >= 15 is 0 Å². The summed E-state index contributed by atoms with van der Waals surface area (Å²) in [5, 5.41) is 20.3. The molecule has 0 bridgehead atoms. The van der Waals surface area contributed by atoms with Crippen LogP contribution in [0.3, 0.4) is 0 Å². The summed E-state index contributed by atoms with van der Waals surface area (Å²) in [6.45, 7) is 0. The van der Waals surface area contributed by atoms with Crippen LogP contribution in [-0.2, 0) is 4.79 Å². The third-order valence-corrected chi connectivity index (χ3v) is 3.18. The summed E-state index contributed by atoms with van der Waals surface area (Å²) in [7, 11) is 0. The van der Waals surface area contributed by atoms with Crippen molar-refractivity contribution >= 4 is 11.9 Å². The van der Waals surface area contributed by atoms with Crippen molar-refractivity contribution in [2.75, 3.05) is 0 Å². The van der Waals surface area contributed by atoms with Crippen LogP contribution in [0.15, 0.2) is 24.3 Å². The van der Waals surface area contributed by atoms with E-state index in [4.69, 9.17) is 10.4 Å². The van der Waals surface area contributed by atoms with Crippen LogP contribution < -0.4 is 5.32 Å². The van der Waals surface area contributed by atoms with Crippen LogP contribution in [-0.4, -0.2) is 23.0 Å². The number of nitrogens with zero attached hydrogens (tertiary/aromatic N) is 1. The van der Waals surface area contributed by atoms with Gasteiger partial charge in [0.05, 0.1) is 18.1 Å². The molecule has 0 aliphatic heterocycles. The van der Waals surface area contributed by atoms with Gasteiger partial charge in [-0.1, -0.05) is 0 Å². The summed E-state index contributed by atoms with van der Waals surface area (Å²) in [5.74, 6) is -0.918. The first-order valence-corrected chi connectivity index (χ1v) is 6.13. The highest BCUT2D eigenvalue weighted by Gasteiger charge is 2.33. The molecule has 0 spiro atoms. The maximum absolute atomic E-state index is 12.0. The molecule has 0 heterocycles. The van der Waals surface area contributed by atoms with Crippen molar-refractivity contribution in [3.8, 4) is 6.07 Å². The number of carbonyl (C=O) groups excluding carboxylic acids is 1. The Morgan fingerprint density at radius 2 is 2.00 bits per heavy atom. The fourth-order valence-electron chi connectivity index (χ4n) is 1.97. The minimum atomic E-state index is -0.906. The molecule has 1 amide bonds. The average molecular weight is 258 g/mol. The van der Waals surface area contributed by atoms with Gasteiger partial charge < -0.3 is 10.4 Å². The van der Waals surface area contributed by atoms with Crippen LogP contribution in [0.5, 0.6) is 0 Å².